The van der Waals surface area contributed by atoms with Crippen LogP contribution in [0.1, 0.15) is 51.1 Å². The highest BCUT2D eigenvalue weighted by atomic mass is 35.5. The molecule has 10 nitrogen and oxygen atoms in total. The summed E-state index contributed by atoms with van der Waals surface area (Å²) in [6.07, 6.45) is -3.24. The Morgan fingerprint density at radius 2 is 1.70 bits per heavy atom. The van der Waals surface area contributed by atoms with Crippen molar-refractivity contribution in [3.05, 3.63) is 117 Å². The highest BCUT2D eigenvalue weighted by Crippen LogP contribution is 2.34. The third-order valence-electron chi connectivity index (χ3n) is 7.47. The van der Waals surface area contributed by atoms with Crippen LogP contribution in [-0.4, -0.2) is 33.6 Å². The summed E-state index contributed by atoms with van der Waals surface area (Å²) in [5, 5.41) is 24.2. The molecule has 3 aromatic carbocycles. The summed E-state index contributed by atoms with van der Waals surface area (Å²) in [6.45, 7) is -0.242. The maximum atomic E-state index is 13.5. The van der Waals surface area contributed by atoms with Gasteiger partial charge in [0.15, 0.2) is 5.49 Å². The normalized spacial score (nSPS) is 13.3. The van der Waals surface area contributed by atoms with Gasteiger partial charge in [-0.1, -0.05) is 54.1 Å². The van der Waals surface area contributed by atoms with Crippen LogP contribution < -0.4 is 27.6 Å². The van der Waals surface area contributed by atoms with Crippen molar-refractivity contribution in [2.24, 2.45) is 10.7 Å². The summed E-state index contributed by atoms with van der Waals surface area (Å²) in [6, 6.07) is 17.5. The molecular weight excluding hydrogens is 635 g/mol. The van der Waals surface area contributed by atoms with Crippen LogP contribution in [0, 0.1) is 5.41 Å². The third kappa shape index (κ3) is 8.11. The fourth-order valence-electron chi connectivity index (χ4n) is 4.95. The topological polar surface area (TPSA) is 172 Å². The molecule has 0 radical (unpaired) electrons. The number of aromatic nitrogens is 1. The number of rotatable bonds is 10. The molecule has 0 atom stereocenters. The zero-order valence-electron chi connectivity index (χ0n) is 24.9. The maximum Gasteiger partial charge on any atom is 0.416 e. The molecule has 1 aliphatic carbocycles. The molecule has 14 heteroatoms. The molecule has 0 unspecified atom stereocenters. The molecule has 8 N–H and O–H groups in total. The molecular formula is C33H31ClF3N7O3. The number of carbonyl (C=O) groups is 2. The number of nitrogens with zero attached hydrogens (tertiary/aromatic N) is 2. The largest absolute Gasteiger partial charge is 0.427 e. The number of amides is 2. The van der Waals surface area contributed by atoms with E-state index in [-0.39, 0.29) is 63.4 Å². The molecule has 0 bridgehead atoms. The number of alkyl halides is 3. The van der Waals surface area contributed by atoms with Gasteiger partial charge in [-0.25, -0.2) is 0 Å². The van der Waals surface area contributed by atoms with E-state index in [1.54, 1.807) is 24.3 Å². The van der Waals surface area contributed by atoms with Crippen LogP contribution in [0.4, 0.5) is 18.9 Å². The maximum absolute atomic E-state index is 13.5. The van der Waals surface area contributed by atoms with Crippen LogP contribution in [-0.2, 0) is 30.5 Å². The number of nitrogen functional groups attached to an aromatic ring is 2. The minimum atomic E-state index is -4.59. The minimum absolute atomic E-state index is 0.0140. The van der Waals surface area contributed by atoms with Crippen molar-refractivity contribution in [1.29, 1.82) is 5.41 Å². The van der Waals surface area contributed by atoms with E-state index >= 15 is 0 Å². The lowest BCUT2D eigenvalue weighted by Gasteiger charge is -2.17. The summed E-state index contributed by atoms with van der Waals surface area (Å²) in [7, 11) is 0. The van der Waals surface area contributed by atoms with Crippen LogP contribution in [0.25, 0.3) is 11.1 Å². The van der Waals surface area contributed by atoms with Gasteiger partial charge in [0, 0.05) is 41.5 Å². The Balaban J connectivity index is 1.44. The first-order valence-corrected chi connectivity index (χ1v) is 14.9. The smallest absolute Gasteiger partial charge is 0.416 e. The molecule has 244 valence electrons. The number of nitrogens with two attached hydrogens (primary N) is 2. The zero-order valence-corrected chi connectivity index (χ0v) is 25.6. The number of halogens is 4. The predicted molar refractivity (Wildman–Crippen MR) is 171 cm³/mol. The molecule has 2 amide bonds. The van der Waals surface area contributed by atoms with Gasteiger partial charge in [-0.2, -0.15) is 17.9 Å². The van der Waals surface area contributed by atoms with Crippen molar-refractivity contribution >= 4 is 34.9 Å². The summed E-state index contributed by atoms with van der Waals surface area (Å²) < 4.78 is 41.2. The summed E-state index contributed by atoms with van der Waals surface area (Å²) >= 11 is 6.74. The molecule has 0 spiro atoms. The number of carbonyl (C=O) groups excluding carboxylic acids is 2. The van der Waals surface area contributed by atoms with Gasteiger partial charge in [-0.3, -0.25) is 20.0 Å². The first-order valence-electron chi connectivity index (χ1n) is 14.5. The number of anilines is 1. The first-order chi connectivity index (χ1) is 22.3. The Labute approximate surface area is 272 Å². The van der Waals surface area contributed by atoms with E-state index in [1.807, 2.05) is 0 Å². The van der Waals surface area contributed by atoms with E-state index in [0.717, 1.165) is 29.2 Å². The van der Waals surface area contributed by atoms with Gasteiger partial charge in [0.05, 0.1) is 28.7 Å². The van der Waals surface area contributed by atoms with Gasteiger partial charge >= 0.3 is 6.18 Å². The average Bonchev–Trinajstić information content (AvgIpc) is 3.85. The number of benzene rings is 3. The standard InChI is InChI=1S/C33H31ClF3N7O3/c34-26-14-28(43-24-9-10-24)44(47)27(15-29(45)41-16-18-5-7-19(8-6-18)31(39)40)30(26)21-11-22(13-23(38)12-21)32(46)42-17-20-3-1-2-4-25(20)33(35,36)37/h1-8,11-14,24,47H,9-10,15-17,38H2,(H3,39,40)(H,41,45)(H,42,46). The van der Waals surface area contributed by atoms with Crippen molar-refractivity contribution in [3.8, 4) is 11.1 Å². The molecule has 1 aliphatic rings. The number of hydrogen-bond acceptors (Lipinski definition) is 6. The molecule has 1 saturated carbocycles. The lowest BCUT2D eigenvalue weighted by molar-refractivity contribution is -0.138. The van der Waals surface area contributed by atoms with Crippen molar-refractivity contribution in [3.63, 3.8) is 0 Å². The second-order valence-electron chi connectivity index (χ2n) is 11.1. The highest BCUT2D eigenvalue weighted by Gasteiger charge is 2.33. The Bertz CT molecular complexity index is 1920. The van der Waals surface area contributed by atoms with E-state index in [4.69, 9.17) is 28.5 Å². The Morgan fingerprint density at radius 1 is 1.00 bits per heavy atom. The number of nitrogens with one attached hydrogen (secondary N) is 3. The summed E-state index contributed by atoms with van der Waals surface area (Å²) in [4.78, 5) is 30.8. The quantitative estimate of drug-likeness (QED) is 0.0618. The van der Waals surface area contributed by atoms with Crippen molar-refractivity contribution in [1.82, 2.24) is 15.4 Å². The zero-order chi connectivity index (χ0) is 33.9. The molecule has 1 fully saturated rings. The molecule has 4 aromatic rings. The second kappa shape index (κ2) is 13.6. The van der Waals surface area contributed by atoms with Gasteiger partial charge in [0.25, 0.3) is 5.91 Å². The second-order valence-corrected chi connectivity index (χ2v) is 11.5. The van der Waals surface area contributed by atoms with Crippen molar-refractivity contribution in [2.75, 3.05) is 5.73 Å². The molecule has 47 heavy (non-hydrogen) atoms. The van der Waals surface area contributed by atoms with Crippen LogP contribution in [0.5, 0.6) is 0 Å². The molecule has 5 rings (SSSR count). The highest BCUT2D eigenvalue weighted by molar-refractivity contribution is 6.33. The lowest BCUT2D eigenvalue weighted by atomic mass is 9.98. The Morgan fingerprint density at radius 3 is 2.36 bits per heavy atom. The molecule has 1 aromatic heterocycles. The van der Waals surface area contributed by atoms with E-state index in [0.29, 0.717) is 11.1 Å². The van der Waals surface area contributed by atoms with Crippen LogP contribution in [0.2, 0.25) is 5.02 Å². The molecule has 0 aliphatic heterocycles. The fourth-order valence-corrected chi connectivity index (χ4v) is 5.27. The Kier molecular flexibility index (Phi) is 9.56. The summed E-state index contributed by atoms with van der Waals surface area (Å²) in [5.41, 5.74) is 12.9. The van der Waals surface area contributed by atoms with Gasteiger partial charge < -0.3 is 27.3 Å². The predicted octanol–water partition coefficient (Wildman–Crippen LogP) is 4.78. The van der Waals surface area contributed by atoms with Crippen molar-refractivity contribution in [2.45, 2.75) is 44.6 Å². The Hall–Kier alpha value is -5.30. The molecule has 1 heterocycles. The number of hydrogen-bond donors (Lipinski definition) is 6. The monoisotopic (exact) mass is 665 g/mol. The van der Waals surface area contributed by atoms with Gasteiger partial charge in [-0.15, -0.1) is 0 Å². The average molecular weight is 666 g/mol. The van der Waals surface area contributed by atoms with E-state index in [2.05, 4.69) is 15.6 Å². The van der Waals surface area contributed by atoms with E-state index in [9.17, 15) is 28.0 Å². The van der Waals surface area contributed by atoms with E-state index < -0.39 is 30.1 Å². The third-order valence-corrected chi connectivity index (χ3v) is 7.77. The fraction of sp³-hybridized carbons (Fsp3) is 0.212. The van der Waals surface area contributed by atoms with Crippen LogP contribution >= 0.6 is 11.6 Å². The van der Waals surface area contributed by atoms with Gasteiger partial charge in [0.2, 0.25) is 5.91 Å². The van der Waals surface area contributed by atoms with Crippen LogP contribution in [0.3, 0.4) is 0 Å². The van der Waals surface area contributed by atoms with Gasteiger partial charge in [-0.05, 0) is 53.8 Å². The summed E-state index contributed by atoms with van der Waals surface area (Å²) in [5.74, 6) is -1.24. The van der Waals surface area contributed by atoms with Crippen molar-refractivity contribution < 1.29 is 28.0 Å². The SMILES string of the molecule is N=C(N)c1ccc(CNC(=O)Cc2c(-c3cc(N)cc(C(=O)NCc4ccccc4C(F)(F)F)c3)c(Cl)cc(=NC3CC3)n2O)cc1. The van der Waals surface area contributed by atoms with Crippen LogP contribution in [0.15, 0.2) is 77.8 Å². The van der Waals surface area contributed by atoms with E-state index in [1.165, 1.54) is 42.5 Å². The lowest BCUT2D eigenvalue weighted by Crippen LogP contribution is -2.30. The molecule has 0 saturated heterocycles. The number of amidine groups is 1. The first kappa shape index (κ1) is 33.1. The van der Waals surface area contributed by atoms with Gasteiger partial charge in [0.1, 0.15) is 5.84 Å². The number of pyridine rings is 1. The minimum Gasteiger partial charge on any atom is -0.427 e.